The Morgan fingerprint density at radius 2 is 1.89 bits per heavy atom. The first-order valence-corrected chi connectivity index (χ1v) is 9.95. The van der Waals surface area contributed by atoms with Crippen LogP contribution in [0.4, 0.5) is 4.39 Å². The second-order valence-corrected chi connectivity index (χ2v) is 7.97. The predicted octanol–water partition coefficient (Wildman–Crippen LogP) is 4.24. The molecular weight excluding hydrogens is 339 g/mol. The van der Waals surface area contributed by atoms with Crippen molar-refractivity contribution < 1.29 is 9.18 Å². The molecule has 2 N–H and O–H groups in total. The van der Waals surface area contributed by atoms with E-state index < -0.39 is 0 Å². The summed E-state index contributed by atoms with van der Waals surface area (Å²) in [6, 6.07) is 13.6. The van der Waals surface area contributed by atoms with Gasteiger partial charge in [0.1, 0.15) is 5.82 Å². The fourth-order valence-electron chi connectivity index (χ4n) is 4.39. The molecule has 3 nitrogen and oxygen atoms in total. The van der Waals surface area contributed by atoms with Crippen molar-refractivity contribution in [2.75, 3.05) is 13.1 Å². The molecule has 2 aromatic rings. The van der Waals surface area contributed by atoms with Crippen molar-refractivity contribution in [1.82, 2.24) is 4.90 Å². The van der Waals surface area contributed by atoms with Crippen molar-refractivity contribution in [3.63, 3.8) is 0 Å². The van der Waals surface area contributed by atoms with Crippen LogP contribution in [0.1, 0.15) is 42.7 Å². The fourth-order valence-corrected chi connectivity index (χ4v) is 4.39. The van der Waals surface area contributed by atoms with Crippen molar-refractivity contribution in [2.24, 2.45) is 11.7 Å². The van der Waals surface area contributed by atoms with Gasteiger partial charge in [-0.15, -0.1) is 0 Å². The van der Waals surface area contributed by atoms with E-state index in [0.717, 1.165) is 55.5 Å². The molecule has 0 spiro atoms. The average Bonchev–Trinajstić information content (AvgIpc) is 3.49. The lowest BCUT2D eigenvalue weighted by Crippen LogP contribution is -2.34. The minimum atomic E-state index is -0.192. The quantitative estimate of drug-likeness (QED) is 0.883. The standard InChI is InChI=1S/C23H27FN2O/c1-15-21(24)10-9-18(22(15)16-6-3-2-4-7-16)19-14-20(19)23(27)26-12-5-8-17(25)11-13-26/h2-4,6-7,9-10,17,19-20H,5,8,11-14,25H2,1H3. The minimum absolute atomic E-state index is 0.0200. The SMILES string of the molecule is Cc1c(F)ccc(C2CC2C(=O)N2CCCC(N)CC2)c1-c1ccccc1. The number of nitrogens with zero attached hydrogens (tertiary/aromatic N) is 1. The topological polar surface area (TPSA) is 46.3 Å². The Morgan fingerprint density at radius 1 is 1.11 bits per heavy atom. The molecule has 142 valence electrons. The summed E-state index contributed by atoms with van der Waals surface area (Å²) in [7, 11) is 0. The van der Waals surface area contributed by atoms with Gasteiger partial charge in [-0.1, -0.05) is 36.4 Å². The number of amides is 1. The summed E-state index contributed by atoms with van der Waals surface area (Å²) in [6.07, 6.45) is 3.71. The molecule has 1 aliphatic carbocycles. The van der Waals surface area contributed by atoms with Crippen LogP contribution in [0.25, 0.3) is 11.1 Å². The van der Waals surface area contributed by atoms with Gasteiger partial charge in [-0.3, -0.25) is 4.79 Å². The van der Waals surface area contributed by atoms with Gasteiger partial charge in [-0.25, -0.2) is 4.39 Å². The van der Waals surface area contributed by atoms with Crippen LogP contribution in [0, 0.1) is 18.7 Å². The molecule has 3 atom stereocenters. The molecule has 1 amide bonds. The smallest absolute Gasteiger partial charge is 0.226 e. The Kier molecular flexibility index (Phi) is 5.00. The normalized spacial score (nSPS) is 25.1. The molecule has 4 rings (SSSR count). The van der Waals surface area contributed by atoms with E-state index in [2.05, 4.69) is 0 Å². The van der Waals surface area contributed by atoms with Gasteiger partial charge in [0.15, 0.2) is 0 Å². The van der Waals surface area contributed by atoms with Crippen LogP contribution in [0.5, 0.6) is 0 Å². The third-order valence-electron chi connectivity index (χ3n) is 6.09. The van der Waals surface area contributed by atoms with E-state index in [1.807, 2.05) is 48.2 Å². The number of halogens is 1. The van der Waals surface area contributed by atoms with Crippen LogP contribution in [-0.2, 0) is 4.79 Å². The summed E-state index contributed by atoms with van der Waals surface area (Å²) in [6.45, 7) is 3.40. The van der Waals surface area contributed by atoms with Gasteiger partial charge in [-0.05, 0) is 66.8 Å². The first-order chi connectivity index (χ1) is 13.1. The summed E-state index contributed by atoms with van der Waals surface area (Å²) >= 11 is 0. The van der Waals surface area contributed by atoms with Crippen molar-refractivity contribution in [2.45, 2.75) is 44.6 Å². The molecule has 0 bridgehead atoms. The van der Waals surface area contributed by atoms with Crippen LogP contribution >= 0.6 is 0 Å². The number of likely N-dealkylation sites (tertiary alicyclic amines) is 1. The Balaban J connectivity index is 1.59. The molecule has 0 radical (unpaired) electrons. The van der Waals surface area contributed by atoms with E-state index in [-0.39, 0.29) is 29.6 Å². The van der Waals surface area contributed by atoms with Crippen molar-refractivity contribution in [3.05, 3.63) is 59.4 Å². The highest BCUT2D eigenvalue weighted by atomic mass is 19.1. The minimum Gasteiger partial charge on any atom is -0.342 e. The number of rotatable bonds is 3. The number of carbonyl (C=O) groups is 1. The Morgan fingerprint density at radius 3 is 2.67 bits per heavy atom. The molecule has 3 unspecified atom stereocenters. The number of hydrogen-bond acceptors (Lipinski definition) is 2. The third kappa shape index (κ3) is 3.63. The van der Waals surface area contributed by atoms with Gasteiger partial charge in [0, 0.05) is 25.0 Å². The summed E-state index contributed by atoms with van der Waals surface area (Å²) in [4.78, 5) is 15.0. The second kappa shape index (κ2) is 7.43. The van der Waals surface area contributed by atoms with Gasteiger partial charge in [0.05, 0.1) is 0 Å². The van der Waals surface area contributed by atoms with E-state index in [4.69, 9.17) is 5.73 Å². The maximum Gasteiger partial charge on any atom is 0.226 e. The van der Waals surface area contributed by atoms with Crippen LogP contribution in [0.2, 0.25) is 0 Å². The van der Waals surface area contributed by atoms with E-state index in [1.54, 1.807) is 6.07 Å². The van der Waals surface area contributed by atoms with E-state index in [9.17, 15) is 9.18 Å². The fraction of sp³-hybridized carbons (Fsp3) is 0.435. The predicted molar refractivity (Wildman–Crippen MR) is 106 cm³/mol. The van der Waals surface area contributed by atoms with Gasteiger partial charge in [0.25, 0.3) is 0 Å². The Labute approximate surface area is 160 Å². The second-order valence-electron chi connectivity index (χ2n) is 7.97. The highest BCUT2D eigenvalue weighted by Crippen LogP contribution is 2.52. The molecule has 1 saturated heterocycles. The highest BCUT2D eigenvalue weighted by molar-refractivity contribution is 5.84. The molecule has 27 heavy (non-hydrogen) atoms. The third-order valence-corrected chi connectivity index (χ3v) is 6.09. The molecule has 0 aromatic heterocycles. The molecule has 1 saturated carbocycles. The van der Waals surface area contributed by atoms with Crippen LogP contribution < -0.4 is 5.73 Å². The highest BCUT2D eigenvalue weighted by Gasteiger charge is 2.47. The molecule has 2 aromatic carbocycles. The Hall–Kier alpha value is -2.20. The van der Waals surface area contributed by atoms with Crippen molar-refractivity contribution in [3.8, 4) is 11.1 Å². The molecule has 1 heterocycles. The van der Waals surface area contributed by atoms with E-state index in [1.165, 1.54) is 0 Å². The first-order valence-electron chi connectivity index (χ1n) is 9.95. The maximum absolute atomic E-state index is 14.3. The Bertz CT molecular complexity index is 836. The lowest BCUT2D eigenvalue weighted by Gasteiger charge is -2.21. The molecule has 1 aliphatic heterocycles. The lowest BCUT2D eigenvalue weighted by atomic mass is 9.91. The monoisotopic (exact) mass is 366 g/mol. The zero-order valence-corrected chi connectivity index (χ0v) is 15.8. The van der Waals surface area contributed by atoms with Crippen LogP contribution in [-0.4, -0.2) is 29.9 Å². The van der Waals surface area contributed by atoms with Crippen LogP contribution in [0.15, 0.2) is 42.5 Å². The lowest BCUT2D eigenvalue weighted by molar-refractivity contribution is -0.132. The van der Waals surface area contributed by atoms with Crippen molar-refractivity contribution in [1.29, 1.82) is 0 Å². The largest absolute Gasteiger partial charge is 0.342 e. The average molecular weight is 366 g/mol. The maximum atomic E-state index is 14.3. The number of hydrogen-bond donors (Lipinski definition) is 1. The first kappa shape index (κ1) is 18.2. The van der Waals surface area contributed by atoms with Gasteiger partial charge in [-0.2, -0.15) is 0 Å². The zero-order chi connectivity index (χ0) is 19.0. The van der Waals surface area contributed by atoms with Crippen molar-refractivity contribution >= 4 is 5.91 Å². The number of nitrogens with two attached hydrogens (primary N) is 1. The van der Waals surface area contributed by atoms with E-state index in [0.29, 0.717) is 5.56 Å². The summed E-state index contributed by atoms with van der Waals surface area (Å²) in [5, 5.41) is 0. The number of benzene rings is 2. The number of carbonyl (C=O) groups excluding carboxylic acids is 1. The summed E-state index contributed by atoms with van der Waals surface area (Å²) in [5.74, 6) is 0.258. The zero-order valence-electron chi connectivity index (χ0n) is 15.8. The van der Waals surface area contributed by atoms with Gasteiger partial charge >= 0.3 is 0 Å². The van der Waals surface area contributed by atoms with Gasteiger partial charge < -0.3 is 10.6 Å². The molecule has 2 aliphatic rings. The molecule has 4 heteroatoms. The van der Waals surface area contributed by atoms with Crippen LogP contribution in [0.3, 0.4) is 0 Å². The molecular formula is C23H27FN2O. The molecule has 2 fully saturated rings. The van der Waals surface area contributed by atoms with Gasteiger partial charge in [0.2, 0.25) is 5.91 Å². The van der Waals surface area contributed by atoms with E-state index >= 15 is 0 Å². The summed E-state index contributed by atoms with van der Waals surface area (Å²) < 4.78 is 14.3. The summed E-state index contributed by atoms with van der Waals surface area (Å²) in [5.41, 5.74) is 9.78.